The van der Waals surface area contributed by atoms with Crippen molar-refractivity contribution in [2.45, 2.75) is 31.7 Å². The highest BCUT2D eigenvalue weighted by molar-refractivity contribution is 9.10. The molecule has 0 bridgehead atoms. The van der Waals surface area contributed by atoms with E-state index in [1.54, 1.807) is 0 Å². The van der Waals surface area contributed by atoms with Crippen LogP contribution in [0.1, 0.15) is 35.2 Å². The van der Waals surface area contributed by atoms with Gasteiger partial charge in [0.2, 0.25) is 5.91 Å². The van der Waals surface area contributed by atoms with Crippen molar-refractivity contribution in [1.82, 2.24) is 10.2 Å². The Morgan fingerprint density at radius 1 is 1.00 bits per heavy atom. The largest absolute Gasteiger partial charge is 0.349 e. The number of piperidine rings is 1. The molecule has 2 aromatic rings. The number of carbonyl (C=O) groups excluding carboxylic acids is 2. The lowest BCUT2D eigenvalue weighted by atomic mass is 10.0. The van der Waals surface area contributed by atoms with E-state index in [1.807, 2.05) is 47.4 Å². The number of rotatable bonds is 5. The molecule has 0 radical (unpaired) electrons. The highest BCUT2D eigenvalue weighted by atomic mass is 79.9. The van der Waals surface area contributed by atoms with Crippen LogP contribution in [0.5, 0.6) is 0 Å². The second kappa shape index (κ2) is 8.99. The lowest BCUT2D eigenvalue weighted by Crippen LogP contribution is -2.46. The van der Waals surface area contributed by atoms with Gasteiger partial charge in [-0.2, -0.15) is 0 Å². The molecule has 3 rings (SSSR count). The van der Waals surface area contributed by atoms with Gasteiger partial charge in [0.1, 0.15) is 0 Å². The number of hydrogen-bond acceptors (Lipinski definition) is 2. The van der Waals surface area contributed by atoms with E-state index in [0.717, 1.165) is 23.7 Å². The Labute approximate surface area is 162 Å². The minimum Gasteiger partial charge on any atom is -0.349 e. The van der Waals surface area contributed by atoms with Crippen LogP contribution in [-0.2, 0) is 11.2 Å². The van der Waals surface area contributed by atoms with Crippen LogP contribution in [0.4, 0.5) is 0 Å². The summed E-state index contributed by atoms with van der Waals surface area (Å²) in [6, 6.07) is 17.6. The van der Waals surface area contributed by atoms with Gasteiger partial charge in [-0.25, -0.2) is 0 Å². The van der Waals surface area contributed by atoms with Crippen LogP contribution in [0.2, 0.25) is 0 Å². The van der Waals surface area contributed by atoms with Gasteiger partial charge in [0.25, 0.3) is 5.91 Å². The molecule has 0 unspecified atom stereocenters. The highest BCUT2D eigenvalue weighted by Crippen LogP contribution is 2.18. The first-order valence-corrected chi connectivity index (χ1v) is 9.80. The molecule has 2 aromatic carbocycles. The number of amides is 2. The Morgan fingerprint density at radius 2 is 1.65 bits per heavy atom. The van der Waals surface area contributed by atoms with Gasteiger partial charge >= 0.3 is 0 Å². The van der Waals surface area contributed by atoms with Gasteiger partial charge in [-0.3, -0.25) is 9.59 Å². The molecule has 4 nitrogen and oxygen atoms in total. The van der Waals surface area contributed by atoms with Crippen LogP contribution in [-0.4, -0.2) is 35.8 Å². The first kappa shape index (κ1) is 18.6. The fraction of sp³-hybridized carbons (Fsp3) is 0.333. The lowest BCUT2D eigenvalue weighted by molar-refractivity contribution is -0.132. The fourth-order valence-electron chi connectivity index (χ4n) is 3.24. The zero-order chi connectivity index (χ0) is 18.4. The molecular weight excluding hydrogens is 392 g/mol. The number of benzene rings is 2. The summed E-state index contributed by atoms with van der Waals surface area (Å²) in [5.41, 5.74) is 1.84. The van der Waals surface area contributed by atoms with Crippen LogP contribution in [0.15, 0.2) is 59.1 Å². The van der Waals surface area contributed by atoms with Crippen molar-refractivity contribution >= 4 is 27.7 Å². The number of nitrogens with zero attached hydrogens (tertiary/aromatic N) is 1. The lowest BCUT2D eigenvalue weighted by Gasteiger charge is -2.32. The maximum Gasteiger partial charge on any atom is 0.252 e. The zero-order valence-corrected chi connectivity index (χ0v) is 16.2. The summed E-state index contributed by atoms with van der Waals surface area (Å²) < 4.78 is 0.797. The Kier molecular flexibility index (Phi) is 6.45. The quantitative estimate of drug-likeness (QED) is 0.808. The molecular formula is C21H23BrN2O2. The zero-order valence-electron chi connectivity index (χ0n) is 14.7. The van der Waals surface area contributed by atoms with Gasteiger partial charge in [0, 0.05) is 30.0 Å². The Hall–Kier alpha value is -2.14. The van der Waals surface area contributed by atoms with E-state index in [4.69, 9.17) is 0 Å². The van der Waals surface area contributed by atoms with Gasteiger partial charge in [-0.15, -0.1) is 0 Å². The monoisotopic (exact) mass is 414 g/mol. The second-order valence-electron chi connectivity index (χ2n) is 6.59. The summed E-state index contributed by atoms with van der Waals surface area (Å²) in [6.45, 7) is 1.41. The van der Waals surface area contributed by atoms with Crippen molar-refractivity contribution in [2.75, 3.05) is 13.1 Å². The summed E-state index contributed by atoms with van der Waals surface area (Å²) in [4.78, 5) is 26.7. The number of likely N-dealkylation sites (tertiary alicyclic amines) is 1. The van der Waals surface area contributed by atoms with E-state index in [0.29, 0.717) is 25.1 Å². The fourth-order valence-corrected chi connectivity index (χ4v) is 3.70. The SMILES string of the molecule is O=C(NC1CCN(C(=O)CCc2ccccc2)CC1)c1ccccc1Br. The molecule has 2 amide bonds. The molecule has 0 aliphatic carbocycles. The number of nitrogens with one attached hydrogen (secondary N) is 1. The van der Waals surface area contributed by atoms with Gasteiger partial charge in [-0.05, 0) is 52.9 Å². The molecule has 1 heterocycles. The Bertz CT molecular complexity index is 756. The third kappa shape index (κ3) is 4.94. The van der Waals surface area contributed by atoms with Gasteiger partial charge < -0.3 is 10.2 Å². The predicted octanol–water partition coefficient (Wildman–Crippen LogP) is 3.80. The topological polar surface area (TPSA) is 49.4 Å². The third-order valence-corrected chi connectivity index (χ3v) is 5.46. The van der Waals surface area contributed by atoms with Crippen LogP contribution < -0.4 is 5.32 Å². The van der Waals surface area contributed by atoms with E-state index in [9.17, 15) is 9.59 Å². The Balaban J connectivity index is 1.44. The molecule has 0 spiro atoms. The molecule has 1 fully saturated rings. The van der Waals surface area contributed by atoms with Crippen molar-refractivity contribution in [3.8, 4) is 0 Å². The van der Waals surface area contributed by atoms with E-state index >= 15 is 0 Å². The normalized spacial score (nSPS) is 14.9. The van der Waals surface area contributed by atoms with Crippen LogP contribution in [0.25, 0.3) is 0 Å². The minimum absolute atomic E-state index is 0.0636. The van der Waals surface area contributed by atoms with Gasteiger partial charge in [0.15, 0.2) is 0 Å². The predicted molar refractivity (Wildman–Crippen MR) is 106 cm³/mol. The molecule has 0 saturated carbocycles. The summed E-state index contributed by atoms with van der Waals surface area (Å²) in [6.07, 6.45) is 2.91. The number of aryl methyl sites for hydroxylation is 1. The molecule has 0 aromatic heterocycles. The molecule has 1 aliphatic rings. The molecule has 5 heteroatoms. The average Bonchev–Trinajstić information content (AvgIpc) is 2.68. The molecule has 0 atom stereocenters. The van der Waals surface area contributed by atoms with Crippen molar-refractivity contribution in [3.05, 3.63) is 70.2 Å². The van der Waals surface area contributed by atoms with Crippen molar-refractivity contribution in [1.29, 1.82) is 0 Å². The number of hydrogen-bond donors (Lipinski definition) is 1. The maximum atomic E-state index is 12.4. The van der Waals surface area contributed by atoms with Crippen molar-refractivity contribution in [3.63, 3.8) is 0 Å². The average molecular weight is 415 g/mol. The van der Waals surface area contributed by atoms with Gasteiger partial charge in [0.05, 0.1) is 5.56 Å². The first-order chi connectivity index (χ1) is 12.6. The van der Waals surface area contributed by atoms with Crippen LogP contribution in [0, 0.1) is 0 Å². The first-order valence-electron chi connectivity index (χ1n) is 9.00. The minimum atomic E-state index is -0.0636. The molecule has 1 N–H and O–H groups in total. The third-order valence-electron chi connectivity index (χ3n) is 4.77. The number of halogens is 1. The summed E-state index contributed by atoms with van der Waals surface area (Å²) in [7, 11) is 0. The summed E-state index contributed by atoms with van der Waals surface area (Å²) >= 11 is 3.41. The van der Waals surface area contributed by atoms with E-state index in [1.165, 1.54) is 5.56 Å². The molecule has 26 heavy (non-hydrogen) atoms. The standard InChI is InChI=1S/C21H23BrN2O2/c22-19-9-5-4-8-18(19)21(26)23-17-12-14-24(15-13-17)20(25)11-10-16-6-2-1-3-7-16/h1-9,17H,10-15H2,(H,23,26). The smallest absolute Gasteiger partial charge is 0.252 e. The molecule has 1 aliphatic heterocycles. The van der Waals surface area contributed by atoms with E-state index < -0.39 is 0 Å². The van der Waals surface area contributed by atoms with E-state index in [2.05, 4.69) is 33.4 Å². The highest BCUT2D eigenvalue weighted by Gasteiger charge is 2.24. The van der Waals surface area contributed by atoms with E-state index in [-0.39, 0.29) is 17.9 Å². The van der Waals surface area contributed by atoms with Crippen molar-refractivity contribution in [2.24, 2.45) is 0 Å². The second-order valence-corrected chi connectivity index (χ2v) is 7.45. The number of carbonyl (C=O) groups is 2. The maximum absolute atomic E-state index is 12.4. The molecule has 1 saturated heterocycles. The van der Waals surface area contributed by atoms with Crippen molar-refractivity contribution < 1.29 is 9.59 Å². The van der Waals surface area contributed by atoms with Gasteiger partial charge in [-0.1, -0.05) is 42.5 Å². The summed E-state index contributed by atoms with van der Waals surface area (Å²) in [5, 5.41) is 3.09. The van der Waals surface area contributed by atoms with Crippen LogP contribution >= 0.6 is 15.9 Å². The summed E-state index contributed by atoms with van der Waals surface area (Å²) in [5.74, 6) is 0.135. The Morgan fingerprint density at radius 3 is 2.35 bits per heavy atom. The molecule has 136 valence electrons. The van der Waals surface area contributed by atoms with Crippen LogP contribution in [0.3, 0.4) is 0 Å².